The van der Waals surface area contributed by atoms with Crippen LogP contribution in [0, 0.1) is 0 Å². The molecule has 0 atom stereocenters. The number of hydrogen-bond acceptors (Lipinski definition) is 2. The summed E-state index contributed by atoms with van der Waals surface area (Å²) in [5.41, 5.74) is 3.12. The molecule has 0 N–H and O–H groups in total. The molecule has 1 saturated heterocycles. The number of sulfonamides is 1. The maximum absolute atomic E-state index is 11.2. The van der Waals surface area contributed by atoms with Gasteiger partial charge in [-0.3, -0.25) is 0 Å². The highest BCUT2D eigenvalue weighted by Crippen LogP contribution is 2.36. The molecule has 2 fully saturated rings. The molecule has 0 aromatic carbocycles. The van der Waals surface area contributed by atoms with Crippen LogP contribution >= 0.6 is 0 Å². The molecular weight excluding hydrogens is 186 g/mol. The maximum atomic E-state index is 11.2. The van der Waals surface area contributed by atoms with Gasteiger partial charge in [-0.1, -0.05) is 11.1 Å². The molecule has 3 nitrogen and oxygen atoms in total. The Morgan fingerprint density at radius 2 is 1.46 bits per heavy atom. The van der Waals surface area contributed by atoms with Crippen molar-refractivity contribution in [3.05, 3.63) is 11.1 Å². The Labute approximate surface area is 79.5 Å². The highest BCUT2D eigenvalue weighted by atomic mass is 32.2. The van der Waals surface area contributed by atoms with E-state index in [1.54, 1.807) is 9.88 Å². The second-order valence-corrected chi connectivity index (χ2v) is 5.85. The predicted octanol–water partition coefficient (Wildman–Crippen LogP) is 1.13. The van der Waals surface area contributed by atoms with Crippen LogP contribution in [-0.4, -0.2) is 32.1 Å². The Kier molecular flexibility index (Phi) is 2.20. The summed E-state index contributed by atoms with van der Waals surface area (Å²) in [5.74, 6) is 0. The van der Waals surface area contributed by atoms with Gasteiger partial charge < -0.3 is 0 Å². The second-order valence-electron chi connectivity index (χ2n) is 3.87. The summed E-state index contributed by atoms with van der Waals surface area (Å²) in [7, 11) is -2.94. The maximum Gasteiger partial charge on any atom is 0.211 e. The average molecular weight is 201 g/mol. The highest BCUT2D eigenvalue weighted by Gasteiger charge is 2.25. The van der Waals surface area contributed by atoms with Gasteiger partial charge in [0.1, 0.15) is 0 Å². The molecule has 1 aliphatic carbocycles. The van der Waals surface area contributed by atoms with E-state index in [4.69, 9.17) is 0 Å². The molecule has 13 heavy (non-hydrogen) atoms. The van der Waals surface area contributed by atoms with Gasteiger partial charge in [0.25, 0.3) is 0 Å². The zero-order chi connectivity index (χ0) is 9.47. The van der Waals surface area contributed by atoms with Crippen molar-refractivity contribution in [2.24, 2.45) is 0 Å². The van der Waals surface area contributed by atoms with Crippen LogP contribution < -0.4 is 0 Å². The SMILES string of the molecule is CS(=O)(=O)N1CCC(=C2CC2)CC1. The number of piperidine rings is 1. The van der Waals surface area contributed by atoms with Crippen LogP contribution in [-0.2, 0) is 10.0 Å². The van der Waals surface area contributed by atoms with Gasteiger partial charge in [0, 0.05) is 13.1 Å². The zero-order valence-corrected chi connectivity index (χ0v) is 8.73. The average Bonchev–Trinajstić information content (AvgIpc) is 2.85. The van der Waals surface area contributed by atoms with E-state index in [1.165, 1.54) is 24.7 Å². The quantitative estimate of drug-likeness (QED) is 0.596. The van der Waals surface area contributed by atoms with Gasteiger partial charge in [-0.25, -0.2) is 12.7 Å². The minimum Gasteiger partial charge on any atom is -0.213 e. The topological polar surface area (TPSA) is 37.4 Å². The first-order chi connectivity index (χ1) is 6.07. The van der Waals surface area contributed by atoms with Crippen LogP contribution in [0.15, 0.2) is 11.1 Å². The third-order valence-corrected chi connectivity index (χ3v) is 4.10. The molecule has 2 rings (SSSR count). The van der Waals surface area contributed by atoms with E-state index in [-0.39, 0.29) is 0 Å². The number of hydrogen-bond donors (Lipinski definition) is 0. The van der Waals surface area contributed by atoms with Crippen LogP contribution in [0.4, 0.5) is 0 Å². The van der Waals surface area contributed by atoms with Crippen LogP contribution in [0.3, 0.4) is 0 Å². The zero-order valence-electron chi connectivity index (χ0n) is 7.91. The summed E-state index contributed by atoms with van der Waals surface area (Å²) in [6.07, 6.45) is 5.73. The molecule has 0 aromatic heterocycles. The molecule has 0 bridgehead atoms. The second kappa shape index (κ2) is 3.10. The van der Waals surface area contributed by atoms with Crippen LogP contribution in [0.2, 0.25) is 0 Å². The van der Waals surface area contributed by atoms with Crippen molar-refractivity contribution in [1.82, 2.24) is 4.31 Å². The summed E-state index contributed by atoms with van der Waals surface area (Å²) in [5, 5.41) is 0. The molecule has 0 spiro atoms. The summed E-state index contributed by atoms with van der Waals surface area (Å²) < 4.78 is 24.0. The summed E-state index contributed by atoms with van der Waals surface area (Å²) in [4.78, 5) is 0. The summed E-state index contributed by atoms with van der Waals surface area (Å²) in [6.45, 7) is 1.38. The van der Waals surface area contributed by atoms with E-state index in [9.17, 15) is 8.42 Å². The Morgan fingerprint density at radius 1 is 1.00 bits per heavy atom. The van der Waals surface area contributed by atoms with Crippen molar-refractivity contribution in [1.29, 1.82) is 0 Å². The van der Waals surface area contributed by atoms with Gasteiger partial charge in [-0.15, -0.1) is 0 Å². The normalized spacial score (nSPS) is 25.0. The van der Waals surface area contributed by atoms with Crippen LogP contribution in [0.25, 0.3) is 0 Å². The van der Waals surface area contributed by atoms with Crippen LogP contribution in [0.5, 0.6) is 0 Å². The first-order valence-electron chi connectivity index (χ1n) is 4.72. The Hall–Kier alpha value is -0.350. The lowest BCUT2D eigenvalue weighted by molar-refractivity contribution is 0.389. The molecule has 0 unspecified atom stereocenters. The molecule has 4 heteroatoms. The van der Waals surface area contributed by atoms with Crippen molar-refractivity contribution in [2.75, 3.05) is 19.3 Å². The van der Waals surface area contributed by atoms with Crippen molar-refractivity contribution < 1.29 is 8.42 Å². The Balaban J connectivity index is 2.00. The molecule has 2 aliphatic rings. The van der Waals surface area contributed by atoms with Crippen molar-refractivity contribution in [3.63, 3.8) is 0 Å². The van der Waals surface area contributed by atoms with E-state index < -0.39 is 10.0 Å². The monoisotopic (exact) mass is 201 g/mol. The summed E-state index contributed by atoms with van der Waals surface area (Å²) >= 11 is 0. The Bertz CT molecular complexity index is 327. The molecule has 0 radical (unpaired) electrons. The largest absolute Gasteiger partial charge is 0.213 e. The van der Waals surface area contributed by atoms with Crippen LogP contribution in [0.1, 0.15) is 25.7 Å². The first kappa shape index (κ1) is 9.21. The lowest BCUT2D eigenvalue weighted by Crippen LogP contribution is -2.35. The number of rotatable bonds is 1. The van der Waals surface area contributed by atoms with Gasteiger partial charge in [0.15, 0.2) is 0 Å². The fraction of sp³-hybridized carbons (Fsp3) is 0.778. The highest BCUT2D eigenvalue weighted by molar-refractivity contribution is 7.88. The minimum atomic E-state index is -2.94. The van der Waals surface area contributed by atoms with Crippen molar-refractivity contribution in [3.8, 4) is 0 Å². The van der Waals surface area contributed by atoms with Crippen molar-refractivity contribution in [2.45, 2.75) is 25.7 Å². The van der Waals surface area contributed by atoms with Gasteiger partial charge in [-0.05, 0) is 25.7 Å². The minimum absolute atomic E-state index is 0.692. The molecule has 1 heterocycles. The molecular formula is C9H15NO2S. The smallest absolute Gasteiger partial charge is 0.211 e. The lowest BCUT2D eigenvalue weighted by Gasteiger charge is -2.26. The molecule has 0 aromatic rings. The summed E-state index contributed by atoms with van der Waals surface area (Å²) in [6, 6.07) is 0. The lowest BCUT2D eigenvalue weighted by atomic mass is 10.1. The molecule has 0 amide bonds. The standard InChI is InChI=1S/C9H15NO2S/c1-13(11,12)10-6-4-9(5-7-10)8-2-3-8/h2-7H2,1H3. The number of nitrogens with zero attached hydrogens (tertiary/aromatic N) is 1. The fourth-order valence-corrected chi connectivity index (χ4v) is 2.70. The predicted molar refractivity (Wildman–Crippen MR) is 51.9 cm³/mol. The van der Waals surface area contributed by atoms with Gasteiger partial charge in [-0.2, -0.15) is 0 Å². The van der Waals surface area contributed by atoms with E-state index in [1.807, 2.05) is 0 Å². The molecule has 1 saturated carbocycles. The van der Waals surface area contributed by atoms with E-state index in [0.29, 0.717) is 13.1 Å². The molecule has 74 valence electrons. The molecule has 1 aliphatic heterocycles. The van der Waals surface area contributed by atoms with Gasteiger partial charge in [0.2, 0.25) is 10.0 Å². The van der Waals surface area contributed by atoms with E-state index in [2.05, 4.69) is 0 Å². The van der Waals surface area contributed by atoms with E-state index in [0.717, 1.165) is 12.8 Å². The van der Waals surface area contributed by atoms with Gasteiger partial charge >= 0.3 is 0 Å². The number of allylic oxidation sites excluding steroid dienone is 1. The Morgan fingerprint density at radius 3 is 1.85 bits per heavy atom. The fourth-order valence-electron chi connectivity index (χ4n) is 1.86. The third-order valence-electron chi connectivity index (χ3n) is 2.79. The third kappa shape index (κ3) is 2.11. The van der Waals surface area contributed by atoms with Gasteiger partial charge in [0.05, 0.1) is 6.26 Å². The first-order valence-corrected chi connectivity index (χ1v) is 6.57. The van der Waals surface area contributed by atoms with E-state index >= 15 is 0 Å². The van der Waals surface area contributed by atoms with Crippen molar-refractivity contribution >= 4 is 10.0 Å².